The zero-order chi connectivity index (χ0) is 27.8. The summed E-state index contributed by atoms with van der Waals surface area (Å²) in [6.07, 6.45) is 12.7. The number of aliphatic hydroxyl groups is 1. The largest absolute Gasteiger partial charge is 0.481 e. The van der Waals surface area contributed by atoms with Crippen LogP contribution < -0.4 is 5.32 Å². The molecule has 0 radical (unpaired) electrons. The van der Waals surface area contributed by atoms with Gasteiger partial charge in [-0.2, -0.15) is 0 Å². The minimum absolute atomic E-state index is 0.00825. The normalized spacial score (nSPS) is 36.8. The first-order chi connectivity index (χ1) is 18.5. The van der Waals surface area contributed by atoms with Gasteiger partial charge in [0.15, 0.2) is 6.61 Å². The molecule has 4 aliphatic rings. The number of allylic oxidation sites excluding steroid dienone is 4. The first kappa shape index (κ1) is 27.6. The van der Waals surface area contributed by atoms with Gasteiger partial charge >= 0.3 is 5.97 Å². The highest BCUT2D eigenvalue weighted by atomic mass is 16.6. The number of aliphatic carboxylic acids is 1. The Hall–Kier alpha value is -2.93. The van der Waals surface area contributed by atoms with E-state index in [0.29, 0.717) is 23.5 Å². The molecule has 7 nitrogen and oxygen atoms in total. The van der Waals surface area contributed by atoms with E-state index in [1.807, 2.05) is 43.3 Å². The van der Waals surface area contributed by atoms with E-state index in [-0.39, 0.29) is 42.2 Å². The van der Waals surface area contributed by atoms with Gasteiger partial charge in [0.2, 0.25) is 0 Å². The average molecular weight is 535 g/mol. The molecule has 210 valence electrons. The van der Waals surface area contributed by atoms with Crippen molar-refractivity contribution >= 4 is 17.6 Å². The molecule has 0 bridgehead atoms. The van der Waals surface area contributed by atoms with Gasteiger partial charge in [-0.1, -0.05) is 61.0 Å². The van der Waals surface area contributed by atoms with Gasteiger partial charge in [-0.3, -0.25) is 9.59 Å². The SMILES string of the molecule is C[C@]12C=CC(=NOCC(=O)NC[C@H](CC(=O)O)c3ccccc3)C=C1CC[C@@H]1[C@@H]2CC[C@@]2(C)[C@H]1CC[C@]2(C)O. The predicted molar refractivity (Wildman–Crippen MR) is 150 cm³/mol. The molecule has 4 aliphatic carbocycles. The highest BCUT2D eigenvalue weighted by Crippen LogP contribution is 2.66. The van der Waals surface area contributed by atoms with Crippen LogP contribution in [0, 0.1) is 28.6 Å². The van der Waals surface area contributed by atoms with Crippen molar-refractivity contribution in [2.75, 3.05) is 13.2 Å². The van der Waals surface area contributed by atoms with Crippen molar-refractivity contribution in [1.29, 1.82) is 0 Å². The first-order valence-corrected chi connectivity index (χ1v) is 14.4. The third-order valence-corrected chi connectivity index (χ3v) is 10.7. The van der Waals surface area contributed by atoms with Crippen LogP contribution in [-0.4, -0.2) is 46.6 Å². The quantitative estimate of drug-likeness (QED) is 0.396. The van der Waals surface area contributed by atoms with Gasteiger partial charge in [0, 0.05) is 17.9 Å². The van der Waals surface area contributed by atoms with E-state index in [1.54, 1.807) is 0 Å². The van der Waals surface area contributed by atoms with Crippen LogP contribution in [-0.2, 0) is 14.4 Å². The molecule has 7 atom stereocenters. The molecule has 39 heavy (non-hydrogen) atoms. The molecule has 1 aromatic rings. The summed E-state index contributed by atoms with van der Waals surface area (Å²) >= 11 is 0. The first-order valence-electron chi connectivity index (χ1n) is 14.4. The minimum Gasteiger partial charge on any atom is -0.481 e. The number of oxime groups is 1. The van der Waals surface area contributed by atoms with Gasteiger partial charge in [-0.15, -0.1) is 0 Å². The number of nitrogens with one attached hydrogen (secondary N) is 1. The molecule has 0 aromatic heterocycles. The van der Waals surface area contributed by atoms with Crippen molar-refractivity contribution in [3.05, 3.63) is 59.7 Å². The maximum atomic E-state index is 12.4. The molecular weight excluding hydrogens is 492 g/mol. The molecule has 0 spiro atoms. The molecule has 1 aromatic carbocycles. The van der Waals surface area contributed by atoms with Crippen molar-refractivity contribution in [3.63, 3.8) is 0 Å². The lowest BCUT2D eigenvalue weighted by Gasteiger charge is -2.58. The van der Waals surface area contributed by atoms with Crippen LogP contribution in [0.4, 0.5) is 0 Å². The van der Waals surface area contributed by atoms with Gasteiger partial charge in [-0.05, 0) is 86.3 Å². The molecule has 0 aliphatic heterocycles. The van der Waals surface area contributed by atoms with Crippen LogP contribution in [0.15, 0.2) is 59.3 Å². The Morgan fingerprint density at radius 2 is 1.85 bits per heavy atom. The summed E-state index contributed by atoms with van der Waals surface area (Å²) in [6, 6.07) is 9.34. The highest BCUT2D eigenvalue weighted by Gasteiger charge is 2.61. The van der Waals surface area contributed by atoms with E-state index < -0.39 is 11.6 Å². The summed E-state index contributed by atoms with van der Waals surface area (Å²) in [5, 5.41) is 27.4. The van der Waals surface area contributed by atoms with Crippen molar-refractivity contribution in [3.8, 4) is 0 Å². The Labute approximate surface area is 231 Å². The molecule has 3 saturated carbocycles. The highest BCUT2D eigenvalue weighted by molar-refractivity contribution is 6.05. The lowest BCUT2D eigenvalue weighted by molar-refractivity contribution is -0.137. The number of hydrogen-bond donors (Lipinski definition) is 3. The predicted octanol–water partition coefficient (Wildman–Crippen LogP) is 5.22. The molecule has 5 rings (SSSR count). The zero-order valence-corrected chi connectivity index (χ0v) is 23.4. The standard InChI is InChI=1S/C32H42N2O5/c1-30-14-11-24(34-39-20-28(35)33-19-22(17-29(36)37)21-7-5-4-6-8-21)18-23(30)9-10-25-26(30)12-15-31(2)27(25)13-16-32(31,3)38/h4-8,11,14,18,22,25-27,38H,9-10,12-13,15-17,19-20H2,1-3H3,(H,33,35)(H,36,37)/t22-,25+,26-,27-,30-,31-,32-/m0/s1. The van der Waals surface area contributed by atoms with Crippen molar-refractivity contribution < 1.29 is 24.6 Å². The summed E-state index contributed by atoms with van der Waals surface area (Å²) in [6.45, 7) is 6.71. The molecule has 0 saturated heterocycles. The number of carbonyl (C=O) groups is 2. The number of hydrogen-bond acceptors (Lipinski definition) is 5. The van der Waals surface area contributed by atoms with Gasteiger partial charge in [0.25, 0.3) is 5.91 Å². The fraction of sp³-hybridized carbons (Fsp3) is 0.594. The molecule has 3 N–H and O–H groups in total. The lowest BCUT2D eigenvalue weighted by atomic mass is 9.47. The van der Waals surface area contributed by atoms with Gasteiger partial charge in [-0.25, -0.2) is 0 Å². The molecule has 1 amide bonds. The Balaban J connectivity index is 1.17. The van der Waals surface area contributed by atoms with Crippen molar-refractivity contribution in [2.24, 2.45) is 33.7 Å². The summed E-state index contributed by atoms with van der Waals surface area (Å²) < 4.78 is 0. The van der Waals surface area contributed by atoms with E-state index in [1.165, 1.54) is 5.57 Å². The summed E-state index contributed by atoms with van der Waals surface area (Å²) in [7, 11) is 0. The second kappa shape index (κ2) is 10.6. The van der Waals surface area contributed by atoms with Crippen LogP contribution in [0.5, 0.6) is 0 Å². The summed E-state index contributed by atoms with van der Waals surface area (Å²) in [4.78, 5) is 29.1. The van der Waals surface area contributed by atoms with E-state index in [9.17, 15) is 19.8 Å². The third kappa shape index (κ3) is 5.18. The molecule has 7 heteroatoms. The molecule has 0 unspecified atom stereocenters. The Morgan fingerprint density at radius 3 is 2.59 bits per heavy atom. The number of rotatable bonds is 8. The number of fused-ring (bicyclic) bond motifs is 5. The Morgan fingerprint density at radius 1 is 1.10 bits per heavy atom. The summed E-state index contributed by atoms with van der Waals surface area (Å²) in [5.74, 6) is 0.219. The number of carbonyl (C=O) groups excluding carboxylic acids is 1. The van der Waals surface area contributed by atoms with Crippen molar-refractivity contribution in [1.82, 2.24) is 5.32 Å². The Kier molecular flexibility index (Phi) is 7.49. The van der Waals surface area contributed by atoms with E-state index in [2.05, 4.69) is 36.5 Å². The monoisotopic (exact) mass is 534 g/mol. The number of amides is 1. The van der Waals surface area contributed by atoms with E-state index in [0.717, 1.165) is 44.1 Å². The summed E-state index contributed by atoms with van der Waals surface area (Å²) in [5.41, 5.74) is 2.41. The minimum atomic E-state index is -0.906. The van der Waals surface area contributed by atoms with Crippen LogP contribution in [0.1, 0.15) is 77.2 Å². The van der Waals surface area contributed by atoms with E-state index >= 15 is 0 Å². The molecular formula is C32H42N2O5. The number of benzene rings is 1. The van der Waals surface area contributed by atoms with Gasteiger partial charge in [0.1, 0.15) is 5.71 Å². The number of nitrogens with zero attached hydrogens (tertiary/aromatic N) is 1. The molecule has 3 fully saturated rings. The van der Waals surface area contributed by atoms with Crippen LogP contribution in [0.2, 0.25) is 0 Å². The molecule has 0 heterocycles. The maximum Gasteiger partial charge on any atom is 0.304 e. The van der Waals surface area contributed by atoms with Crippen LogP contribution >= 0.6 is 0 Å². The zero-order valence-electron chi connectivity index (χ0n) is 23.4. The van der Waals surface area contributed by atoms with Crippen LogP contribution in [0.25, 0.3) is 0 Å². The fourth-order valence-corrected chi connectivity index (χ4v) is 8.21. The topological polar surface area (TPSA) is 108 Å². The third-order valence-electron chi connectivity index (χ3n) is 10.7. The number of carboxylic acids is 1. The van der Waals surface area contributed by atoms with Gasteiger partial charge in [0.05, 0.1) is 12.0 Å². The smallest absolute Gasteiger partial charge is 0.304 e. The maximum absolute atomic E-state index is 12.4. The van der Waals surface area contributed by atoms with Crippen molar-refractivity contribution in [2.45, 2.75) is 77.2 Å². The van der Waals surface area contributed by atoms with Gasteiger partial charge < -0.3 is 20.4 Å². The second-order valence-electron chi connectivity index (χ2n) is 12.8. The lowest BCUT2D eigenvalue weighted by Crippen LogP contribution is -2.53. The number of carboxylic acid groups (broad SMARTS) is 1. The van der Waals surface area contributed by atoms with Crippen LogP contribution in [0.3, 0.4) is 0 Å². The fourth-order valence-electron chi connectivity index (χ4n) is 8.21. The average Bonchev–Trinajstić information content (AvgIpc) is 3.15. The van der Waals surface area contributed by atoms with E-state index in [4.69, 9.17) is 4.84 Å². The Bertz CT molecular complexity index is 1190. The second-order valence-corrected chi connectivity index (χ2v) is 12.8.